The van der Waals surface area contributed by atoms with Crippen molar-refractivity contribution in [3.63, 3.8) is 0 Å². The maximum atomic E-state index is 12.9. The fourth-order valence-corrected chi connectivity index (χ4v) is 5.19. The summed E-state index contributed by atoms with van der Waals surface area (Å²) < 4.78 is 0. The average Bonchev–Trinajstić information content (AvgIpc) is 2.72. The molecule has 2 atom stereocenters. The molecule has 2 unspecified atom stereocenters. The summed E-state index contributed by atoms with van der Waals surface area (Å²) >= 11 is 1.63. The summed E-state index contributed by atoms with van der Waals surface area (Å²) in [7, 11) is 0. The van der Waals surface area contributed by atoms with Crippen molar-refractivity contribution in [2.24, 2.45) is 11.8 Å². The van der Waals surface area contributed by atoms with Crippen molar-refractivity contribution in [1.82, 2.24) is 10.3 Å². The smallest absolute Gasteiger partial charge is 0.306 e. The standard InChI is InChI=1S/C22H33N3O3S/c1-3-13-29-21-18(20(26)23-16-7-5-4-6-8-16)9-10-19(24-21)25-12-11-17(22(27)28)15(2)14-25/h9-10,15-17H,3-8,11-14H2,1-2H3,(H,23,26)(H,27,28). The van der Waals surface area contributed by atoms with Crippen LogP contribution in [0.2, 0.25) is 0 Å². The Morgan fingerprint density at radius 2 is 2.00 bits per heavy atom. The van der Waals surface area contributed by atoms with E-state index in [1.165, 1.54) is 19.3 Å². The molecule has 2 N–H and O–H groups in total. The van der Waals surface area contributed by atoms with E-state index in [4.69, 9.17) is 4.98 Å². The number of anilines is 1. The number of carbonyl (C=O) groups excluding carboxylic acids is 1. The Hall–Kier alpha value is -1.76. The van der Waals surface area contributed by atoms with E-state index in [2.05, 4.69) is 17.1 Å². The van der Waals surface area contributed by atoms with Crippen LogP contribution < -0.4 is 10.2 Å². The van der Waals surface area contributed by atoms with Gasteiger partial charge in [0.2, 0.25) is 0 Å². The minimum absolute atomic E-state index is 0.0208. The van der Waals surface area contributed by atoms with E-state index < -0.39 is 5.97 Å². The topological polar surface area (TPSA) is 82.5 Å². The molecule has 160 valence electrons. The lowest BCUT2D eigenvalue weighted by Crippen LogP contribution is -2.42. The Balaban J connectivity index is 1.75. The van der Waals surface area contributed by atoms with E-state index >= 15 is 0 Å². The van der Waals surface area contributed by atoms with Gasteiger partial charge in [0, 0.05) is 19.1 Å². The van der Waals surface area contributed by atoms with Crippen LogP contribution in [0.5, 0.6) is 0 Å². The van der Waals surface area contributed by atoms with E-state index in [1.807, 2.05) is 19.1 Å². The molecule has 1 saturated carbocycles. The minimum atomic E-state index is -0.709. The molecule has 1 aliphatic heterocycles. The van der Waals surface area contributed by atoms with Crippen LogP contribution >= 0.6 is 11.8 Å². The van der Waals surface area contributed by atoms with E-state index in [0.717, 1.165) is 35.9 Å². The summed E-state index contributed by atoms with van der Waals surface area (Å²) in [5.74, 6) is 0.808. The molecule has 2 aliphatic rings. The van der Waals surface area contributed by atoms with Crippen molar-refractivity contribution in [1.29, 1.82) is 0 Å². The maximum Gasteiger partial charge on any atom is 0.306 e. The highest BCUT2D eigenvalue weighted by atomic mass is 32.2. The zero-order valence-corrected chi connectivity index (χ0v) is 18.3. The lowest BCUT2D eigenvalue weighted by atomic mass is 9.87. The molecule has 1 aromatic heterocycles. The fourth-order valence-electron chi connectivity index (χ4n) is 4.32. The first kappa shape index (κ1) is 21.9. The number of hydrogen-bond donors (Lipinski definition) is 2. The quantitative estimate of drug-likeness (QED) is 0.645. The number of carbonyl (C=O) groups is 2. The number of rotatable bonds is 7. The summed E-state index contributed by atoms with van der Waals surface area (Å²) in [6.07, 6.45) is 7.39. The number of thioether (sulfide) groups is 1. The Morgan fingerprint density at radius 1 is 1.24 bits per heavy atom. The first-order valence-corrected chi connectivity index (χ1v) is 11.9. The van der Waals surface area contributed by atoms with Crippen molar-refractivity contribution in [3.8, 4) is 0 Å². The van der Waals surface area contributed by atoms with Crippen LogP contribution in [-0.4, -0.2) is 46.9 Å². The second-order valence-electron chi connectivity index (χ2n) is 8.34. The number of aromatic nitrogens is 1. The Morgan fingerprint density at radius 3 is 2.66 bits per heavy atom. The number of piperidine rings is 1. The Kier molecular flexibility index (Phi) is 7.81. The SMILES string of the molecule is CCCSc1nc(N2CCC(C(=O)O)C(C)C2)ccc1C(=O)NC1CCCCC1. The molecule has 0 spiro atoms. The molecule has 1 aliphatic carbocycles. The molecule has 1 saturated heterocycles. The summed E-state index contributed by atoms with van der Waals surface area (Å²) in [5.41, 5.74) is 0.659. The van der Waals surface area contributed by atoms with Gasteiger partial charge < -0.3 is 15.3 Å². The Labute approximate surface area is 177 Å². The Bertz CT molecular complexity index is 721. The zero-order chi connectivity index (χ0) is 20.8. The number of carboxylic acid groups (broad SMARTS) is 1. The van der Waals surface area contributed by atoms with Gasteiger partial charge in [-0.2, -0.15) is 0 Å². The zero-order valence-electron chi connectivity index (χ0n) is 17.5. The van der Waals surface area contributed by atoms with Crippen LogP contribution in [0.25, 0.3) is 0 Å². The molecule has 0 aromatic carbocycles. The van der Waals surface area contributed by atoms with Gasteiger partial charge in [-0.3, -0.25) is 9.59 Å². The third-order valence-corrected chi connectivity index (χ3v) is 7.22. The van der Waals surface area contributed by atoms with Gasteiger partial charge >= 0.3 is 5.97 Å². The van der Waals surface area contributed by atoms with Gasteiger partial charge in [0.05, 0.1) is 11.5 Å². The van der Waals surface area contributed by atoms with Gasteiger partial charge in [0.25, 0.3) is 5.91 Å². The predicted octanol–water partition coefficient (Wildman–Crippen LogP) is 4.19. The van der Waals surface area contributed by atoms with Crippen molar-refractivity contribution in [2.75, 3.05) is 23.7 Å². The summed E-state index contributed by atoms with van der Waals surface area (Å²) in [6, 6.07) is 4.09. The molecule has 0 radical (unpaired) electrons. The van der Waals surface area contributed by atoms with E-state index in [-0.39, 0.29) is 23.8 Å². The molecule has 3 rings (SSSR count). The van der Waals surface area contributed by atoms with Crippen LogP contribution in [0.15, 0.2) is 17.2 Å². The van der Waals surface area contributed by atoms with E-state index in [0.29, 0.717) is 25.1 Å². The maximum absolute atomic E-state index is 12.9. The highest BCUT2D eigenvalue weighted by Crippen LogP contribution is 2.30. The molecule has 2 heterocycles. The number of nitrogens with zero attached hydrogens (tertiary/aromatic N) is 2. The number of carboxylic acids is 1. The second-order valence-corrected chi connectivity index (χ2v) is 9.42. The summed E-state index contributed by atoms with van der Waals surface area (Å²) in [5, 5.41) is 13.3. The largest absolute Gasteiger partial charge is 0.481 e. The van der Waals surface area contributed by atoms with Gasteiger partial charge in [0.15, 0.2) is 0 Å². The van der Waals surface area contributed by atoms with E-state index in [1.54, 1.807) is 11.8 Å². The van der Waals surface area contributed by atoms with E-state index in [9.17, 15) is 14.7 Å². The highest BCUT2D eigenvalue weighted by molar-refractivity contribution is 7.99. The monoisotopic (exact) mass is 419 g/mol. The van der Waals surface area contributed by atoms with Crippen LogP contribution in [0.1, 0.15) is 69.2 Å². The first-order valence-electron chi connectivity index (χ1n) is 10.9. The van der Waals surface area contributed by atoms with Gasteiger partial charge in [0.1, 0.15) is 10.8 Å². The lowest BCUT2D eigenvalue weighted by Gasteiger charge is -2.36. The lowest BCUT2D eigenvalue weighted by molar-refractivity contribution is -0.144. The average molecular weight is 420 g/mol. The third kappa shape index (κ3) is 5.65. The summed E-state index contributed by atoms with van der Waals surface area (Å²) in [6.45, 7) is 5.47. The number of hydrogen-bond acceptors (Lipinski definition) is 5. The predicted molar refractivity (Wildman–Crippen MR) is 117 cm³/mol. The minimum Gasteiger partial charge on any atom is -0.481 e. The second kappa shape index (κ2) is 10.3. The van der Waals surface area contributed by atoms with Crippen molar-refractivity contribution in [2.45, 2.75) is 69.9 Å². The molecule has 2 fully saturated rings. The molecule has 1 amide bonds. The normalized spacial score (nSPS) is 23.0. The molecular formula is C22H33N3O3S. The van der Waals surface area contributed by atoms with Crippen LogP contribution in [0.4, 0.5) is 5.82 Å². The van der Waals surface area contributed by atoms with Gasteiger partial charge in [-0.1, -0.05) is 33.1 Å². The van der Waals surface area contributed by atoms with Gasteiger partial charge in [-0.25, -0.2) is 4.98 Å². The van der Waals surface area contributed by atoms with Gasteiger partial charge in [-0.15, -0.1) is 11.8 Å². The number of amides is 1. The third-order valence-electron chi connectivity index (χ3n) is 6.02. The first-order chi connectivity index (χ1) is 14.0. The number of aliphatic carboxylic acids is 1. The summed E-state index contributed by atoms with van der Waals surface area (Å²) in [4.78, 5) is 31.3. The fraction of sp³-hybridized carbons (Fsp3) is 0.682. The van der Waals surface area contributed by atoms with Crippen molar-refractivity contribution < 1.29 is 14.7 Å². The molecular weight excluding hydrogens is 386 g/mol. The van der Waals surface area contributed by atoms with Crippen molar-refractivity contribution >= 4 is 29.5 Å². The van der Waals surface area contributed by atoms with Crippen LogP contribution in [-0.2, 0) is 4.79 Å². The molecule has 7 heteroatoms. The molecule has 1 aromatic rings. The molecule has 0 bridgehead atoms. The van der Waals surface area contributed by atoms with Crippen LogP contribution in [0.3, 0.4) is 0 Å². The van der Waals surface area contributed by atoms with Crippen LogP contribution in [0, 0.1) is 11.8 Å². The number of nitrogens with one attached hydrogen (secondary N) is 1. The highest BCUT2D eigenvalue weighted by Gasteiger charge is 2.32. The van der Waals surface area contributed by atoms with Crippen molar-refractivity contribution in [3.05, 3.63) is 17.7 Å². The molecule has 29 heavy (non-hydrogen) atoms. The number of pyridine rings is 1. The molecule has 6 nitrogen and oxygen atoms in total. The van der Waals surface area contributed by atoms with Gasteiger partial charge in [-0.05, 0) is 49.5 Å².